The molecular formula is C32H40N2O4S4. The summed E-state index contributed by atoms with van der Waals surface area (Å²) in [5, 5.41) is 0. The van der Waals surface area contributed by atoms with E-state index in [1.54, 1.807) is 22.0 Å². The highest BCUT2D eigenvalue weighted by atomic mass is 32.2. The van der Waals surface area contributed by atoms with E-state index in [1.165, 1.54) is 36.4 Å². The molecule has 226 valence electrons. The zero-order chi connectivity index (χ0) is 30.2. The Kier molecular flexibility index (Phi) is 12.1. The molecule has 2 saturated heterocycles. The van der Waals surface area contributed by atoms with Gasteiger partial charge < -0.3 is 8.83 Å². The predicted octanol–water partition coefficient (Wildman–Crippen LogP) is 9.23. The van der Waals surface area contributed by atoms with Crippen LogP contribution in [0.25, 0.3) is 23.7 Å². The molecule has 4 rings (SSSR count). The van der Waals surface area contributed by atoms with Gasteiger partial charge in [-0.05, 0) is 51.7 Å². The molecule has 2 aromatic heterocycles. The van der Waals surface area contributed by atoms with E-state index in [0.29, 0.717) is 54.6 Å². The van der Waals surface area contributed by atoms with Crippen molar-refractivity contribution in [3.8, 4) is 11.5 Å². The number of hydrogen-bond donors (Lipinski definition) is 0. The Morgan fingerprint density at radius 2 is 1.07 bits per heavy atom. The van der Waals surface area contributed by atoms with Crippen LogP contribution >= 0.6 is 48.0 Å². The lowest BCUT2D eigenvalue weighted by molar-refractivity contribution is -0.122. The van der Waals surface area contributed by atoms with Crippen LogP contribution < -0.4 is 0 Å². The summed E-state index contributed by atoms with van der Waals surface area (Å²) in [5.41, 5.74) is 2.13. The molecule has 0 aliphatic carbocycles. The summed E-state index contributed by atoms with van der Waals surface area (Å²) in [6.07, 6.45) is 14.3. The van der Waals surface area contributed by atoms with Crippen molar-refractivity contribution in [2.24, 2.45) is 0 Å². The number of hydrogen-bond acceptors (Lipinski definition) is 8. The number of likely N-dealkylation sites (N-methyl/N-ethyl adjacent to an activating group) is 2. The standard InChI is InChI=1S/C32H40N2O4S4/c1-5-9-11-13-15-21-17-23(19-25-29(35)33(7-3)31(39)41-25)37-27(21)28-22(16-14-12-10-6-2)18-24(38-28)20-26-30(36)34(8-4)32(40)42-26/h17-20H,5-16H2,1-4H3/b25-19-,26-20-. The molecule has 10 heteroatoms. The zero-order valence-electron chi connectivity index (χ0n) is 25.0. The first-order chi connectivity index (χ1) is 20.3. The van der Waals surface area contributed by atoms with Gasteiger partial charge in [0.05, 0.1) is 9.81 Å². The molecule has 0 saturated carbocycles. The topological polar surface area (TPSA) is 66.9 Å². The van der Waals surface area contributed by atoms with E-state index in [9.17, 15) is 9.59 Å². The molecule has 2 aromatic rings. The van der Waals surface area contributed by atoms with E-state index >= 15 is 0 Å². The van der Waals surface area contributed by atoms with Crippen molar-refractivity contribution in [3.05, 3.63) is 44.6 Å². The number of amides is 2. The van der Waals surface area contributed by atoms with Crippen LogP contribution in [-0.4, -0.2) is 43.3 Å². The maximum Gasteiger partial charge on any atom is 0.266 e. The average molecular weight is 645 g/mol. The highest BCUT2D eigenvalue weighted by molar-refractivity contribution is 8.27. The van der Waals surface area contributed by atoms with Crippen molar-refractivity contribution < 1.29 is 18.4 Å². The van der Waals surface area contributed by atoms with E-state index in [2.05, 4.69) is 13.8 Å². The summed E-state index contributed by atoms with van der Waals surface area (Å²) in [6.45, 7) is 9.34. The van der Waals surface area contributed by atoms with Crippen molar-refractivity contribution in [1.29, 1.82) is 0 Å². The Hall–Kier alpha value is -2.14. The van der Waals surface area contributed by atoms with Gasteiger partial charge in [-0.3, -0.25) is 19.4 Å². The van der Waals surface area contributed by atoms with Gasteiger partial charge >= 0.3 is 0 Å². The normalized spacial score (nSPS) is 17.7. The number of nitrogens with zero attached hydrogens (tertiary/aromatic N) is 2. The van der Waals surface area contributed by atoms with E-state index in [4.69, 9.17) is 33.3 Å². The van der Waals surface area contributed by atoms with Gasteiger partial charge in [-0.2, -0.15) is 0 Å². The minimum atomic E-state index is -0.0868. The fraction of sp³-hybridized carbons (Fsp3) is 0.500. The molecule has 2 aliphatic heterocycles. The van der Waals surface area contributed by atoms with Gasteiger partial charge in [0.15, 0.2) is 11.5 Å². The van der Waals surface area contributed by atoms with Crippen LogP contribution in [0.15, 0.2) is 30.8 Å². The van der Waals surface area contributed by atoms with Crippen molar-refractivity contribution in [2.75, 3.05) is 13.1 Å². The summed E-state index contributed by atoms with van der Waals surface area (Å²) in [4.78, 5) is 30.1. The van der Waals surface area contributed by atoms with Gasteiger partial charge in [-0.15, -0.1) is 0 Å². The third-order valence-electron chi connectivity index (χ3n) is 7.39. The number of carbonyl (C=O) groups is 2. The monoisotopic (exact) mass is 644 g/mol. The molecule has 6 nitrogen and oxygen atoms in total. The van der Waals surface area contributed by atoms with Crippen LogP contribution in [0.5, 0.6) is 0 Å². The minimum Gasteiger partial charge on any atom is -0.453 e. The number of thiocarbonyl (C=S) groups is 2. The lowest BCUT2D eigenvalue weighted by Crippen LogP contribution is -2.27. The molecule has 2 aliphatic rings. The number of thioether (sulfide) groups is 2. The smallest absolute Gasteiger partial charge is 0.266 e. The van der Waals surface area contributed by atoms with Crippen molar-refractivity contribution in [3.63, 3.8) is 0 Å². The van der Waals surface area contributed by atoms with Gasteiger partial charge in [0.1, 0.15) is 20.2 Å². The van der Waals surface area contributed by atoms with E-state index < -0.39 is 0 Å². The largest absolute Gasteiger partial charge is 0.453 e. The first kappa shape index (κ1) is 32.8. The third-order valence-corrected chi connectivity index (χ3v) is 10.1. The highest BCUT2D eigenvalue weighted by Gasteiger charge is 2.32. The fourth-order valence-electron chi connectivity index (χ4n) is 5.09. The zero-order valence-corrected chi connectivity index (χ0v) is 28.2. The first-order valence-corrected chi connectivity index (χ1v) is 17.5. The van der Waals surface area contributed by atoms with Gasteiger partial charge in [0.25, 0.3) is 11.8 Å². The van der Waals surface area contributed by atoms with E-state index in [-0.39, 0.29) is 11.8 Å². The van der Waals surface area contributed by atoms with Gasteiger partial charge in [0.2, 0.25) is 0 Å². The van der Waals surface area contributed by atoms with Crippen LogP contribution in [0.3, 0.4) is 0 Å². The Morgan fingerprint density at radius 3 is 1.40 bits per heavy atom. The molecule has 0 aromatic carbocycles. The van der Waals surface area contributed by atoms with Crippen molar-refractivity contribution >= 4 is 80.6 Å². The van der Waals surface area contributed by atoms with Crippen molar-refractivity contribution in [2.45, 2.75) is 91.9 Å². The minimum absolute atomic E-state index is 0.0868. The number of furan rings is 2. The molecule has 0 bridgehead atoms. The third kappa shape index (κ3) is 7.68. The van der Waals surface area contributed by atoms with Crippen molar-refractivity contribution in [1.82, 2.24) is 9.80 Å². The average Bonchev–Trinajstić information content (AvgIpc) is 3.69. The molecular weight excluding hydrogens is 605 g/mol. The van der Waals surface area contributed by atoms with E-state index in [1.807, 2.05) is 26.0 Å². The molecule has 2 fully saturated rings. The van der Waals surface area contributed by atoms with Gasteiger partial charge in [-0.1, -0.05) is 100 Å². The van der Waals surface area contributed by atoms with Crippen LogP contribution in [0.2, 0.25) is 0 Å². The van der Waals surface area contributed by atoms with Crippen LogP contribution in [0, 0.1) is 0 Å². The summed E-state index contributed by atoms with van der Waals surface area (Å²) >= 11 is 13.4. The number of aryl methyl sites for hydroxylation is 2. The second kappa shape index (κ2) is 15.5. The molecule has 0 atom stereocenters. The maximum absolute atomic E-state index is 12.9. The van der Waals surface area contributed by atoms with Crippen LogP contribution in [-0.2, 0) is 22.4 Å². The second-order valence-corrected chi connectivity index (χ2v) is 13.8. The molecule has 2 amide bonds. The molecule has 0 spiro atoms. The van der Waals surface area contributed by atoms with E-state index in [0.717, 1.165) is 62.5 Å². The summed E-state index contributed by atoms with van der Waals surface area (Å²) < 4.78 is 14.1. The van der Waals surface area contributed by atoms with Gasteiger partial charge in [-0.25, -0.2) is 0 Å². The quantitative estimate of drug-likeness (QED) is 0.108. The molecule has 42 heavy (non-hydrogen) atoms. The number of rotatable bonds is 15. The highest BCUT2D eigenvalue weighted by Crippen LogP contribution is 2.39. The van der Waals surface area contributed by atoms with Gasteiger partial charge in [0, 0.05) is 36.4 Å². The van der Waals surface area contributed by atoms with Crippen LogP contribution in [0.1, 0.15) is 102 Å². The Balaban J connectivity index is 1.73. The molecule has 0 unspecified atom stereocenters. The molecule has 0 N–H and O–H groups in total. The van der Waals surface area contributed by atoms with Crippen LogP contribution in [0.4, 0.5) is 0 Å². The second-order valence-electron chi connectivity index (χ2n) is 10.5. The molecule has 4 heterocycles. The lowest BCUT2D eigenvalue weighted by Gasteiger charge is -2.09. The SMILES string of the molecule is CCCCCCc1cc(/C=C2\SC(=S)N(CC)C2=O)oc1-c1oc(/C=C2\SC(=S)N(CC)C2=O)cc1CCCCCC. The Bertz CT molecular complexity index is 1280. The predicted molar refractivity (Wildman–Crippen MR) is 183 cm³/mol. The Labute approximate surface area is 268 Å². The number of carbonyl (C=O) groups excluding carboxylic acids is 2. The fourth-order valence-corrected chi connectivity index (χ4v) is 7.81. The summed E-state index contributed by atoms with van der Waals surface area (Å²) in [7, 11) is 0. The lowest BCUT2D eigenvalue weighted by atomic mass is 10.0. The summed E-state index contributed by atoms with van der Waals surface area (Å²) in [5.74, 6) is 2.47. The summed E-state index contributed by atoms with van der Waals surface area (Å²) in [6, 6.07) is 4.07. The Morgan fingerprint density at radius 1 is 0.667 bits per heavy atom. The first-order valence-electron chi connectivity index (χ1n) is 15.1. The number of unbranched alkanes of at least 4 members (excludes halogenated alkanes) is 6. The maximum atomic E-state index is 12.9. The molecule has 0 radical (unpaired) electrons.